The van der Waals surface area contributed by atoms with Gasteiger partial charge >= 0.3 is 6.18 Å². The largest absolute Gasteiger partial charge is 0.400 e. The van der Waals surface area contributed by atoms with Gasteiger partial charge in [0.25, 0.3) is 0 Å². The minimum Gasteiger partial charge on any atom is -0.368 e. The molecule has 98 valence electrons. The zero-order valence-electron chi connectivity index (χ0n) is 9.65. The molecule has 2 heterocycles. The first-order chi connectivity index (χ1) is 8.57. The molecule has 2 aliphatic rings. The topological polar surface area (TPSA) is 15.8 Å². The second-order valence-electron chi connectivity index (χ2n) is 4.20. The van der Waals surface area contributed by atoms with Crippen molar-refractivity contribution in [3.8, 4) is 0 Å². The zero-order valence-corrected chi connectivity index (χ0v) is 10.5. The molecule has 3 rings (SSSR count). The van der Waals surface area contributed by atoms with Crippen LogP contribution in [0.1, 0.15) is 12.8 Å². The average molecular weight is 273 g/mol. The maximum absolute atomic E-state index is 12.3. The summed E-state index contributed by atoms with van der Waals surface area (Å²) in [5, 5.41) is -1.18. The van der Waals surface area contributed by atoms with Crippen LogP contribution in [0.5, 0.6) is 0 Å². The highest BCUT2D eigenvalue weighted by Crippen LogP contribution is 2.50. The zero-order chi connectivity index (χ0) is 13.0. The number of nitrogens with one attached hydrogen (secondary N) is 1. The second-order valence-corrected chi connectivity index (χ2v) is 5.47. The predicted molar refractivity (Wildman–Crippen MR) is 68.2 cm³/mol. The number of alkyl halides is 3. The van der Waals surface area contributed by atoms with Crippen LogP contribution in [0.3, 0.4) is 0 Å². The van der Waals surface area contributed by atoms with Crippen molar-refractivity contribution in [2.45, 2.75) is 24.3 Å². The molecular formula is C13H14F3NS. The number of thioether (sulfide) groups is 1. The van der Waals surface area contributed by atoms with Crippen LogP contribution in [0.25, 0.3) is 0 Å². The molecule has 1 aliphatic carbocycles. The van der Waals surface area contributed by atoms with Crippen molar-refractivity contribution in [2.75, 3.05) is 0 Å². The van der Waals surface area contributed by atoms with E-state index >= 15 is 0 Å². The fourth-order valence-corrected chi connectivity index (χ4v) is 3.29. The van der Waals surface area contributed by atoms with Crippen LogP contribution in [0.15, 0.2) is 47.7 Å². The Bertz CT molecular complexity index is 403. The molecule has 0 radical (unpaired) electrons. The van der Waals surface area contributed by atoms with Gasteiger partial charge in [0, 0.05) is 12.4 Å². The van der Waals surface area contributed by atoms with E-state index in [9.17, 15) is 13.2 Å². The van der Waals surface area contributed by atoms with E-state index in [0.29, 0.717) is 0 Å². The molecule has 2 unspecified atom stereocenters. The third-order valence-corrected chi connectivity index (χ3v) is 4.34. The van der Waals surface area contributed by atoms with Crippen LogP contribution in [0.4, 0.5) is 13.2 Å². The van der Waals surface area contributed by atoms with Gasteiger partial charge in [0.15, 0.2) is 0 Å². The van der Waals surface area contributed by atoms with E-state index in [-0.39, 0.29) is 12.3 Å². The van der Waals surface area contributed by atoms with Gasteiger partial charge in [-0.15, -0.1) is 11.8 Å². The standard InChI is InChI=1S/C9H9F3S.C4H5N/c10-9(11,12)8-5-6-3-1-2-4-7(6)13-8;1-2-4-5-3-1/h1-2,4,6,8H,3,5H2;1-5H. The summed E-state index contributed by atoms with van der Waals surface area (Å²) in [7, 11) is 0. The van der Waals surface area contributed by atoms with Crippen molar-refractivity contribution in [1.82, 2.24) is 4.98 Å². The first kappa shape index (κ1) is 13.3. The summed E-state index contributed by atoms with van der Waals surface area (Å²) in [6.07, 6.45) is 6.33. The number of allylic oxidation sites excluding steroid dienone is 4. The molecule has 1 aromatic heterocycles. The molecule has 0 spiro atoms. The van der Waals surface area contributed by atoms with E-state index in [1.807, 2.05) is 42.8 Å². The van der Waals surface area contributed by atoms with Crippen LogP contribution in [0, 0.1) is 5.92 Å². The molecule has 1 aliphatic heterocycles. The molecule has 0 bridgehead atoms. The molecule has 1 aromatic rings. The van der Waals surface area contributed by atoms with Gasteiger partial charge in [-0.05, 0) is 35.8 Å². The Morgan fingerprint density at radius 3 is 2.44 bits per heavy atom. The molecule has 0 saturated carbocycles. The maximum Gasteiger partial charge on any atom is 0.400 e. The lowest BCUT2D eigenvalue weighted by atomic mass is 9.96. The van der Waals surface area contributed by atoms with E-state index in [4.69, 9.17) is 0 Å². The number of hydrogen-bond acceptors (Lipinski definition) is 1. The fourth-order valence-electron chi connectivity index (χ4n) is 1.95. The smallest absolute Gasteiger partial charge is 0.368 e. The normalized spacial score (nSPS) is 26.1. The van der Waals surface area contributed by atoms with E-state index in [1.54, 1.807) is 0 Å². The second kappa shape index (κ2) is 5.69. The lowest BCUT2D eigenvalue weighted by Gasteiger charge is -2.12. The number of aromatic amines is 1. The Balaban J connectivity index is 0.000000202. The number of halogens is 3. The Kier molecular flexibility index (Phi) is 4.22. The van der Waals surface area contributed by atoms with Gasteiger partial charge < -0.3 is 4.98 Å². The number of H-pyrrole nitrogens is 1. The van der Waals surface area contributed by atoms with Gasteiger partial charge in [0.05, 0.1) is 0 Å². The maximum atomic E-state index is 12.3. The van der Waals surface area contributed by atoms with Crippen LogP contribution in [0.2, 0.25) is 0 Å². The van der Waals surface area contributed by atoms with Crippen molar-refractivity contribution in [1.29, 1.82) is 0 Å². The van der Waals surface area contributed by atoms with Gasteiger partial charge in [-0.2, -0.15) is 13.2 Å². The monoisotopic (exact) mass is 273 g/mol. The number of aromatic nitrogens is 1. The van der Waals surface area contributed by atoms with Gasteiger partial charge in [0.1, 0.15) is 5.25 Å². The van der Waals surface area contributed by atoms with Crippen LogP contribution in [-0.2, 0) is 0 Å². The van der Waals surface area contributed by atoms with Crippen molar-refractivity contribution in [2.24, 2.45) is 5.92 Å². The molecule has 0 aromatic carbocycles. The summed E-state index contributed by atoms with van der Waals surface area (Å²) >= 11 is 0.986. The molecule has 0 amide bonds. The molecule has 5 heteroatoms. The predicted octanol–water partition coefficient (Wildman–Crippen LogP) is 4.53. The quantitative estimate of drug-likeness (QED) is 0.734. The highest BCUT2D eigenvalue weighted by atomic mass is 32.2. The third-order valence-electron chi connectivity index (χ3n) is 2.86. The SMILES string of the molecule is FC(F)(F)C1CC2CC=CC=C2S1.c1cc[nH]c1. The van der Waals surface area contributed by atoms with Gasteiger partial charge in [-0.1, -0.05) is 18.2 Å². The number of hydrogen-bond donors (Lipinski definition) is 1. The summed E-state index contributed by atoms with van der Waals surface area (Å²) in [6, 6.07) is 3.89. The van der Waals surface area contributed by atoms with Gasteiger partial charge in [0.2, 0.25) is 0 Å². The summed E-state index contributed by atoms with van der Waals surface area (Å²) in [6.45, 7) is 0. The average Bonchev–Trinajstić information content (AvgIpc) is 3.01. The van der Waals surface area contributed by atoms with Gasteiger partial charge in [-0.25, -0.2) is 0 Å². The lowest BCUT2D eigenvalue weighted by molar-refractivity contribution is -0.129. The highest BCUT2D eigenvalue weighted by Gasteiger charge is 2.46. The summed E-state index contributed by atoms with van der Waals surface area (Å²) in [5.41, 5.74) is 0. The Morgan fingerprint density at radius 1 is 1.22 bits per heavy atom. The Hall–Kier alpha value is -1.10. The Morgan fingerprint density at radius 2 is 1.94 bits per heavy atom. The van der Waals surface area contributed by atoms with E-state index < -0.39 is 11.4 Å². The van der Waals surface area contributed by atoms with E-state index in [1.165, 1.54) is 0 Å². The highest BCUT2D eigenvalue weighted by molar-refractivity contribution is 8.04. The van der Waals surface area contributed by atoms with Gasteiger partial charge in [-0.3, -0.25) is 0 Å². The Labute approximate surface area is 108 Å². The molecule has 1 nitrogen and oxygen atoms in total. The van der Waals surface area contributed by atoms with E-state index in [2.05, 4.69) is 4.98 Å². The first-order valence-electron chi connectivity index (χ1n) is 5.75. The molecule has 2 atom stereocenters. The van der Waals surface area contributed by atoms with Crippen LogP contribution in [-0.4, -0.2) is 16.4 Å². The third kappa shape index (κ3) is 3.45. The van der Waals surface area contributed by atoms with Crippen molar-refractivity contribution >= 4 is 11.8 Å². The number of fused-ring (bicyclic) bond motifs is 1. The summed E-state index contributed by atoms with van der Waals surface area (Å²) in [4.78, 5) is 3.77. The fraction of sp³-hybridized carbons (Fsp3) is 0.385. The van der Waals surface area contributed by atoms with Crippen LogP contribution < -0.4 is 0 Å². The lowest BCUT2D eigenvalue weighted by Crippen LogP contribution is -2.23. The minimum absolute atomic E-state index is 0.127. The molecule has 1 N–H and O–H groups in total. The first-order valence-corrected chi connectivity index (χ1v) is 6.63. The van der Waals surface area contributed by atoms with E-state index in [0.717, 1.165) is 23.1 Å². The van der Waals surface area contributed by atoms with Crippen molar-refractivity contribution < 1.29 is 13.2 Å². The molecule has 18 heavy (non-hydrogen) atoms. The van der Waals surface area contributed by atoms with Crippen LogP contribution >= 0.6 is 11.8 Å². The molecule has 1 fully saturated rings. The van der Waals surface area contributed by atoms with Crippen molar-refractivity contribution in [3.63, 3.8) is 0 Å². The number of rotatable bonds is 0. The minimum atomic E-state index is -4.04. The summed E-state index contributed by atoms with van der Waals surface area (Å²) < 4.78 is 37.0. The molecule has 1 saturated heterocycles. The summed E-state index contributed by atoms with van der Waals surface area (Å²) in [5.74, 6) is 0.127. The molecular weight excluding hydrogens is 259 g/mol. The van der Waals surface area contributed by atoms with Crippen molar-refractivity contribution in [3.05, 3.63) is 47.7 Å².